The van der Waals surface area contributed by atoms with Crippen molar-refractivity contribution in [1.29, 1.82) is 0 Å². The van der Waals surface area contributed by atoms with Crippen molar-refractivity contribution < 1.29 is 14.6 Å². The van der Waals surface area contributed by atoms with Crippen molar-refractivity contribution in [3.05, 3.63) is 27.7 Å². The molecule has 0 aliphatic heterocycles. The van der Waals surface area contributed by atoms with Crippen LogP contribution in [0.3, 0.4) is 0 Å². The fraction of sp³-hybridized carbons (Fsp3) is 0.222. The van der Waals surface area contributed by atoms with Gasteiger partial charge in [-0.3, -0.25) is 0 Å². The quantitative estimate of drug-likeness (QED) is 0.801. The number of phenolic OH excluding ortho intramolecular Hbond substituents is 1. The molecule has 0 spiro atoms. The molecule has 0 bridgehead atoms. The number of ether oxygens (including phenoxy) is 1. The molecule has 5 heteroatoms. The van der Waals surface area contributed by atoms with E-state index in [0.717, 1.165) is 0 Å². The van der Waals surface area contributed by atoms with Crippen molar-refractivity contribution in [2.24, 2.45) is 0 Å². The van der Waals surface area contributed by atoms with Gasteiger partial charge in [0.2, 0.25) is 0 Å². The topological polar surface area (TPSA) is 46.5 Å². The molecule has 0 aliphatic carbocycles. The average molecular weight is 235 g/mol. The van der Waals surface area contributed by atoms with Crippen LogP contribution in [0.1, 0.15) is 17.3 Å². The minimum atomic E-state index is -0.683. The van der Waals surface area contributed by atoms with Crippen LogP contribution in [0.4, 0.5) is 0 Å². The van der Waals surface area contributed by atoms with Crippen molar-refractivity contribution in [2.45, 2.75) is 6.92 Å². The smallest absolute Gasteiger partial charge is 0.343 e. The van der Waals surface area contributed by atoms with Crippen molar-refractivity contribution in [2.75, 3.05) is 6.61 Å². The first-order chi connectivity index (χ1) is 6.57. The van der Waals surface area contributed by atoms with Gasteiger partial charge in [0.15, 0.2) is 0 Å². The van der Waals surface area contributed by atoms with Crippen molar-refractivity contribution in [3.8, 4) is 5.75 Å². The number of rotatable bonds is 2. The van der Waals surface area contributed by atoms with Gasteiger partial charge >= 0.3 is 5.97 Å². The van der Waals surface area contributed by atoms with Crippen LogP contribution in [-0.2, 0) is 4.74 Å². The van der Waals surface area contributed by atoms with Gasteiger partial charge in [0, 0.05) is 0 Å². The minimum absolute atomic E-state index is 0.0671. The zero-order valence-corrected chi connectivity index (χ0v) is 8.89. The standard InChI is InChI=1S/C9H8Cl2O3/c1-2-14-9(13)7-5(10)3-4-6(11)8(7)12/h3-4,12H,2H2,1H3. The largest absolute Gasteiger partial charge is 0.505 e. The van der Waals surface area contributed by atoms with Gasteiger partial charge in [0.05, 0.1) is 16.7 Å². The summed E-state index contributed by atoms with van der Waals surface area (Å²) >= 11 is 11.3. The average Bonchev–Trinajstić information content (AvgIpc) is 2.13. The zero-order chi connectivity index (χ0) is 10.7. The highest BCUT2D eigenvalue weighted by atomic mass is 35.5. The molecule has 0 fully saturated rings. The highest BCUT2D eigenvalue weighted by Gasteiger charge is 2.18. The van der Waals surface area contributed by atoms with Gasteiger partial charge in [-0.05, 0) is 19.1 Å². The van der Waals surface area contributed by atoms with E-state index in [-0.39, 0.29) is 28.0 Å². The summed E-state index contributed by atoms with van der Waals surface area (Å²) in [5.41, 5.74) is -0.0963. The molecule has 3 nitrogen and oxygen atoms in total. The molecular formula is C9H8Cl2O3. The van der Waals surface area contributed by atoms with Gasteiger partial charge in [0.1, 0.15) is 11.3 Å². The molecule has 1 N–H and O–H groups in total. The van der Waals surface area contributed by atoms with Gasteiger partial charge in [0.25, 0.3) is 0 Å². The predicted molar refractivity (Wildman–Crippen MR) is 54.1 cm³/mol. The molecule has 1 rings (SSSR count). The number of carbonyl (C=O) groups excluding carboxylic acids is 1. The fourth-order valence-electron chi connectivity index (χ4n) is 0.939. The second-order valence-corrected chi connectivity index (χ2v) is 3.29. The normalized spacial score (nSPS) is 9.93. The molecule has 0 amide bonds. The van der Waals surface area contributed by atoms with Crippen LogP contribution in [0.25, 0.3) is 0 Å². The summed E-state index contributed by atoms with van der Waals surface area (Å²) in [6, 6.07) is 2.83. The van der Waals surface area contributed by atoms with E-state index < -0.39 is 5.97 Å². The fourth-order valence-corrected chi connectivity index (χ4v) is 1.33. The lowest BCUT2D eigenvalue weighted by Gasteiger charge is -2.07. The summed E-state index contributed by atoms with van der Waals surface area (Å²) < 4.78 is 4.70. The van der Waals surface area contributed by atoms with Gasteiger partial charge in [-0.15, -0.1) is 0 Å². The van der Waals surface area contributed by atoms with E-state index in [2.05, 4.69) is 0 Å². The third-order valence-corrected chi connectivity index (χ3v) is 2.18. The summed E-state index contributed by atoms with van der Waals surface area (Å²) in [5.74, 6) is -1.03. The monoisotopic (exact) mass is 234 g/mol. The van der Waals surface area contributed by atoms with E-state index in [1.54, 1.807) is 6.92 Å². The van der Waals surface area contributed by atoms with Gasteiger partial charge in [-0.25, -0.2) is 4.79 Å². The van der Waals surface area contributed by atoms with E-state index in [4.69, 9.17) is 27.9 Å². The minimum Gasteiger partial charge on any atom is -0.505 e. The van der Waals surface area contributed by atoms with Crippen LogP contribution in [-0.4, -0.2) is 17.7 Å². The van der Waals surface area contributed by atoms with E-state index in [9.17, 15) is 9.90 Å². The number of halogens is 2. The van der Waals surface area contributed by atoms with Crippen molar-refractivity contribution in [1.82, 2.24) is 0 Å². The SMILES string of the molecule is CCOC(=O)c1c(Cl)ccc(Cl)c1O. The third-order valence-electron chi connectivity index (χ3n) is 1.56. The zero-order valence-electron chi connectivity index (χ0n) is 7.38. The Morgan fingerprint density at radius 3 is 2.57 bits per heavy atom. The molecule has 0 aliphatic rings. The third kappa shape index (κ3) is 2.11. The number of phenols is 1. The molecule has 1 aromatic carbocycles. The Bertz CT molecular complexity index is 363. The summed E-state index contributed by atoms with van der Waals surface area (Å²) in [5, 5.41) is 9.64. The van der Waals surface area contributed by atoms with E-state index >= 15 is 0 Å². The van der Waals surface area contributed by atoms with E-state index in [1.807, 2.05) is 0 Å². The number of hydrogen-bond acceptors (Lipinski definition) is 3. The first kappa shape index (κ1) is 11.1. The lowest BCUT2D eigenvalue weighted by molar-refractivity contribution is 0.0523. The number of hydrogen-bond donors (Lipinski definition) is 1. The first-order valence-corrected chi connectivity index (χ1v) is 4.67. The van der Waals surface area contributed by atoms with Crippen molar-refractivity contribution in [3.63, 3.8) is 0 Å². The molecule has 76 valence electrons. The summed E-state index contributed by atoms with van der Waals surface area (Å²) in [4.78, 5) is 11.3. The number of esters is 1. The van der Waals surface area contributed by atoms with Gasteiger partial charge in [-0.2, -0.15) is 0 Å². The molecule has 0 unspecified atom stereocenters. The van der Waals surface area contributed by atoms with Crippen LogP contribution in [0.2, 0.25) is 10.0 Å². The molecule has 1 aromatic rings. The number of carbonyl (C=O) groups is 1. The summed E-state index contributed by atoms with van der Waals surface area (Å²) in [6.45, 7) is 1.87. The lowest BCUT2D eigenvalue weighted by atomic mass is 10.2. The van der Waals surface area contributed by atoms with Crippen LogP contribution in [0, 0.1) is 0 Å². The summed E-state index contributed by atoms with van der Waals surface area (Å²) in [6.07, 6.45) is 0. The Morgan fingerprint density at radius 2 is 2.00 bits per heavy atom. The molecule has 0 saturated heterocycles. The van der Waals surface area contributed by atoms with Crippen LogP contribution in [0.15, 0.2) is 12.1 Å². The van der Waals surface area contributed by atoms with Crippen LogP contribution < -0.4 is 0 Å². The van der Waals surface area contributed by atoms with Crippen molar-refractivity contribution >= 4 is 29.2 Å². The maximum absolute atomic E-state index is 11.3. The molecular weight excluding hydrogens is 227 g/mol. The van der Waals surface area contributed by atoms with Gasteiger partial charge in [-0.1, -0.05) is 23.2 Å². The molecule has 0 aromatic heterocycles. The first-order valence-electron chi connectivity index (χ1n) is 3.92. The van der Waals surface area contributed by atoms with Crippen LogP contribution >= 0.6 is 23.2 Å². The number of benzene rings is 1. The second kappa shape index (κ2) is 4.53. The molecule has 0 radical (unpaired) electrons. The summed E-state index contributed by atoms with van der Waals surface area (Å²) in [7, 11) is 0. The Kier molecular flexibility index (Phi) is 3.61. The van der Waals surface area contributed by atoms with Gasteiger partial charge < -0.3 is 9.84 Å². The number of aromatic hydroxyl groups is 1. The van der Waals surface area contributed by atoms with E-state index in [0.29, 0.717) is 0 Å². The highest BCUT2D eigenvalue weighted by Crippen LogP contribution is 2.33. The second-order valence-electron chi connectivity index (χ2n) is 2.47. The Hall–Kier alpha value is -0.930. The van der Waals surface area contributed by atoms with E-state index in [1.165, 1.54) is 12.1 Å². The Labute approximate surface area is 91.2 Å². The van der Waals surface area contributed by atoms with Crippen LogP contribution in [0.5, 0.6) is 5.75 Å². The Morgan fingerprint density at radius 1 is 1.43 bits per heavy atom. The molecule has 0 saturated carbocycles. The molecule has 0 heterocycles. The lowest BCUT2D eigenvalue weighted by Crippen LogP contribution is -2.05. The highest BCUT2D eigenvalue weighted by molar-refractivity contribution is 6.36. The molecule has 14 heavy (non-hydrogen) atoms. The molecule has 0 atom stereocenters. The maximum atomic E-state index is 11.3. The maximum Gasteiger partial charge on any atom is 0.343 e. The predicted octanol–water partition coefficient (Wildman–Crippen LogP) is 2.88. The Balaban J connectivity index is 3.18.